The molecule has 0 spiro atoms. The van der Waals surface area contributed by atoms with Crippen molar-refractivity contribution in [3.8, 4) is 0 Å². The molecule has 4 rings (SSSR count). The van der Waals surface area contributed by atoms with Crippen molar-refractivity contribution in [1.29, 1.82) is 0 Å². The number of amides is 2. The molecule has 9 heteroatoms. The van der Waals surface area contributed by atoms with Crippen molar-refractivity contribution in [1.82, 2.24) is 4.90 Å². The summed E-state index contributed by atoms with van der Waals surface area (Å²) in [6, 6.07) is 4.17. The summed E-state index contributed by atoms with van der Waals surface area (Å²) in [6.07, 6.45) is 1.71. The smallest absolute Gasteiger partial charge is 0.265 e. The maximum absolute atomic E-state index is 13.7. The Bertz CT molecular complexity index is 798. The molecule has 30 heavy (non-hydrogen) atoms. The van der Waals surface area contributed by atoms with Gasteiger partial charge in [0.2, 0.25) is 5.91 Å². The van der Waals surface area contributed by atoms with E-state index in [2.05, 4.69) is 10.2 Å². The second-order valence-corrected chi connectivity index (χ2v) is 8.28. The fraction of sp³-hybridized carbons (Fsp3) is 0.619. The molecule has 2 aliphatic carbocycles. The van der Waals surface area contributed by atoms with E-state index in [-0.39, 0.29) is 48.4 Å². The number of nitrogens with two attached hydrogens (primary N) is 1. The number of hydrogen-bond acceptors (Lipinski definition) is 5. The molecule has 1 aromatic carbocycles. The van der Waals surface area contributed by atoms with Gasteiger partial charge in [-0.1, -0.05) is 0 Å². The van der Waals surface area contributed by atoms with E-state index in [1.165, 1.54) is 29.9 Å². The Hall–Kier alpha value is -2.10. The number of benzene rings is 1. The van der Waals surface area contributed by atoms with Crippen molar-refractivity contribution >= 4 is 23.2 Å². The van der Waals surface area contributed by atoms with Crippen molar-refractivity contribution in [3.63, 3.8) is 0 Å². The van der Waals surface area contributed by atoms with Gasteiger partial charge in [0.15, 0.2) is 0 Å². The Morgan fingerprint density at radius 1 is 1.30 bits per heavy atom. The van der Waals surface area contributed by atoms with E-state index in [0.717, 1.165) is 19.4 Å². The Kier molecular flexibility index (Phi) is 6.31. The third-order valence-corrected chi connectivity index (χ3v) is 5.91. The minimum Gasteiger partial charge on any atom is -0.370 e. The molecule has 0 unspecified atom stereocenters. The topological polar surface area (TPSA) is 87.9 Å². The zero-order valence-electron chi connectivity index (χ0n) is 16.9. The van der Waals surface area contributed by atoms with Crippen LogP contribution in [0.5, 0.6) is 0 Å². The number of nitrogens with one attached hydrogen (secondary N) is 1. The summed E-state index contributed by atoms with van der Waals surface area (Å²) in [6.45, 7) is 1.43. The van der Waals surface area contributed by atoms with Crippen LogP contribution >= 0.6 is 0 Å². The minimum atomic E-state index is -2.78. The molecule has 1 aliphatic heterocycles. The normalized spacial score (nSPS) is 20.7. The molecule has 0 radical (unpaired) electrons. The summed E-state index contributed by atoms with van der Waals surface area (Å²) in [5.74, 6) is -0.00743. The van der Waals surface area contributed by atoms with Gasteiger partial charge in [0.25, 0.3) is 12.3 Å². The van der Waals surface area contributed by atoms with Gasteiger partial charge < -0.3 is 20.7 Å². The van der Waals surface area contributed by atoms with Crippen molar-refractivity contribution in [2.75, 3.05) is 43.1 Å². The number of rotatable bonds is 9. The molecule has 1 atom stereocenters. The van der Waals surface area contributed by atoms with Crippen LogP contribution in [0.1, 0.15) is 37.7 Å². The van der Waals surface area contributed by atoms with E-state index in [1.807, 2.05) is 0 Å². The van der Waals surface area contributed by atoms with E-state index in [1.54, 1.807) is 6.07 Å². The Balaban J connectivity index is 1.50. The van der Waals surface area contributed by atoms with Crippen LogP contribution in [0.25, 0.3) is 0 Å². The van der Waals surface area contributed by atoms with Gasteiger partial charge in [-0.05, 0) is 49.8 Å². The third kappa shape index (κ3) is 4.79. The van der Waals surface area contributed by atoms with Gasteiger partial charge in [0.05, 0.1) is 12.3 Å². The molecule has 2 saturated carbocycles. The molecule has 164 valence electrons. The fourth-order valence-electron chi connectivity index (χ4n) is 3.98. The maximum atomic E-state index is 13.7. The molecule has 1 saturated heterocycles. The standard InChI is InChI=1S/C21H28F2N4O3/c22-20(23)16-9-14(3-6-17(16)26-7-8-30-12-19(26)28)25-21(29)18(10-24)27(15-4-5-15)11-13-1-2-13/h3,6,9,13,15,18,20H,1-2,4-5,7-8,10-12,24H2,(H,25,29)/t18-/m1/s1. The lowest BCUT2D eigenvalue weighted by molar-refractivity contribution is -0.125. The fourth-order valence-corrected chi connectivity index (χ4v) is 3.98. The summed E-state index contributed by atoms with van der Waals surface area (Å²) in [7, 11) is 0. The van der Waals surface area contributed by atoms with Crippen LogP contribution in [0.2, 0.25) is 0 Å². The van der Waals surface area contributed by atoms with Gasteiger partial charge in [-0.3, -0.25) is 14.5 Å². The number of carbonyl (C=O) groups excluding carboxylic acids is 2. The van der Waals surface area contributed by atoms with Crippen LogP contribution in [-0.4, -0.2) is 61.6 Å². The molecule has 7 nitrogen and oxygen atoms in total. The van der Waals surface area contributed by atoms with Crippen LogP contribution in [-0.2, 0) is 14.3 Å². The van der Waals surface area contributed by atoms with Crippen LogP contribution in [0.3, 0.4) is 0 Å². The lowest BCUT2D eigenvalue weighted by Gasteiger charge is -2.30. The van der Waals surface area contributed by atoms with Crippen LogP contribution in [0, 0.1) is 5.92 Å². The van der Waals surface area contributed by atoms with E-state index in [0.29, 0.717) is 18.6 Å². The molecule has 3 N–H and O–H groups in total. The van der Waals surface area contributed by atoms with Gasteiger partial charge in [0.1, 0.15) is 12.6 Å². The van der Waals surface area contributed by atoms with E-state index in [4.69, 9.17) is 10.5 Å². The predicted octanol–water partition coefficient (Wildman–Crippen LogP) is 2.13. The van der Waals surface area contributed by atoms with Crippen LogP contribution in [0.15, 0.2) is 18.2 Å². The SMILES string of the molecule is NC[C@H](C(=O)Nc1ccc(N2CCOCC2=O)c(C(F)F)c1)N(CC1CC1)C1CC1. The first kappa shape index (κ1) is 21.1. The number of morpholine rings is 1. The number of nitrogens with zero attached hydrogens (tertiary/aromatic N) is 2. The van der Waals surface area contributed by atoms with E-state index in [9.17, 15) is 18.4 Å². The molecule has 3 fully saturated rings. The summed E-state index contributed by atoms with van der Waals surface area (Å²) >= 11 is 0. The third-order valence-electron chi connectivity index (χ3n) is 5.91. The monoisotopic (exact) mass is 422 g/mol. The summed E-state index contributed by atoms with van der Waals surface area (Å²) in [4.78, 5) is 28.5. The second kappa shape index (κ2) is 8.95. The molecule has 3 aliphatic rings. The van der Waals surface area contributed by atoms with Crippen molar-refractivity contribution in [2.45, 2.75) is 44.2 Å². The predicted molar refractivity (Wildman–Crippen MR) is 108 cm³/mol. The summed E-state index contributed by atoms with van der Waals surface area (Å²) in [5.41, 5.74) is 6.07. The van der Waals surface area contributed by atoms with Gasteiger partial charge in [-0.25, -0.2) is 8.78 Å². The summed E-state index contributed by atoms with van der Waals surface area (Å²) < 4.78 is 32.5. The first-order chi connectivity index (χ1) is 14.5. The van der Waals surface area contributed by atoms with Gasteiger partial charge >= 0.3 is 0 Å². The highest BCUT2D eigenvalue weighted by molar-refractivity contribution is 5.98. The van der Waals surface area contributed by atoms with Crippen molar-refractivity contribution in [3.05, 3.63) is 23.8 Å². The van der Waals surface area contributed by atoms with Crippen molar-refractivity contribution in [2.24, 2.45) is 11.7 Å². The average molecular weight is 422 g/mol. The highest BCUT2D eigenvalue weighted by Gasteiger charge is 2.39. The first-order valence-electron chi connectivity index (χ1n) is 10.5. The molecule has 2 amide bonds. The van der Waals surface area contributed by atoms with E-state index >= 15 is 0 Å². The Morgan fingerprint density at radius 2 is 2.07 bits per heavy atom. The summed E-state index contributed by atoms with van der Waals surface area (Å²) in [5, 5.41) is 2.76. The van der Waals surface area contributed by atoms with Gasteiger partial charge in [0, 0.05) is 36.9 Å². The lowest BCUT2D eigenvalue weighted by atomic mass is 10.1. The Labute approximate surface area is 174 Å². The van der Waals surface area contributed by atoms with E-state index < -0.39 is 12.5 Å². The zero-order chi connectivity index (χ0) is 21.3. The molecule has 0 aromatic heterocycles. The first-order valence-corrected chi connectivity index (χ1v) is 10.5. The Morgan fingerprint density at radius 3 is 2.67 bits per heavy atom. The average Bonchev–Trinajstić information content (AvgIpc) is 3.62. The molecular weight excluding hydrogens is 394 g/mol. The zero-order valence-corrected chi connectivity index (χ0v) is 16.9. The second-order valence-electron chi connectivity index (χ2n) is 8.28. The highest BCUT2D eigenvalue weighted by atomic mass is 19.3. The highest BCUT2D eigenvalue weighted by Crippen LogP contribution is 2.36. The number of ether oxygens (including phenoxy) is 1. The van der Waals surface area contributed by atoms with Crippen LogP contribution < -0.4 is 16.0 Å². The molecule has 1 heterocycles. The lowest BCUT2D eigenvalue weighted by Crippen LogP contribution is -2.50. The number of hydrogen-bond donors (Lipinski definition) is 2. The maximum Gasteiger partial charge on any atom is 0.265 e. The number of carbonyl (C=O) groups is 2. The quantitative estimate of drug-likeness (QED) is 0.637. The van der Waals surface area contributed by atoms with Crippen LogP contribution in [0.4, 0.5) is 20.2 Å². The minimum absolute atomic E-state index is 0.128. The van der Waals surface area contributed by atoms with Gasteiger partial charge in [-0.15, -0.1) is 0 Å². The van der Waals surface area contributed by atoms with Gasteiger partial charge in [-0.2, -0.15) is 0 Å². The molecule has 0 bridgehead atoms. The molecular formula is C21H28F2N4O3. The number of halogens is 2. The number of anilines is 2. The molecule has 1 aromatic rings. The van der Waals surface area contributed by atoms with Crippen molar-refractivity contribution < 1.29 is 23.1 Å². The number of alkyl halides is 2. The largest absolute Gasteiger partial charge is 0.370 e.